The highest BCUT2D eigenvalue weighted by Gasteiger charge is 1.97. The molecule has 0 saturated heterocycles. The van der Waals surface area contributed by atoms with Crippen molar-refractivity contribution in [2.45, 2.75) is 13.3 Å². The molecular weight excluding hydrogens is 160 g/mol. The lowest BCUT2D eigenvalue weighted by molar-refractivity contribution is 0.311. The average Bonchev–Trinajstić information content (AvgIpc) is 2.48. The Bertz CT molecular complexity index is 212. The Morgan fingerprint density at radius 1 is 1.73 bits per heavy atom. The molecule has 0 radical (unpaired) electrons. The number of aryl methyl sites for hydroxylation is 1. The van der Waals surface area contributed by atoms with Gasteiger partial charge in [-0.05, 0) is 6.42 Å². The van der Waals surface area contributed by atoms with Gasteiger partial charge in [-0.15, -0.1) is 11.3 Å². The molecule has 0 bridgehead atoms. The number of nitrogens with zero attached hydrogens (tertiary/aromatic N) is 1. The molecule has 0 saturated carbocycles. The summed E-state index contributed by atoms with van der Waals surface area (Å²) < 4.78 is 0. The standard InChI is InChI=1S/C7H12N2OS/c1-2-6-5-11-7(9-6)8-3-4-10/h5,10H,2-4H2,1H3,(H,8,9). The third-order valence-electron chi connectivity index (χ3n) is 1.30. The van der Waals surface area contributed by atoms with Crippen LogP contribution in [0.25, 0.3) is 0 Å². The normalized spacial score (nSPS) is 10.0. The van der Waals surface area contributed by atoms with Gasteiger partial charge >= 0.3 is 0 Å². The van der Waals surface area contributed by atoms with Gasteiger partial charge in [-0.3, -0.25) is 0 Å². The number of hydrogen-bond donors (Lipinski definition) is 2. The largest absolute Gasteiger partial charge is 0.395 e. The summed E-state index contributed by atoms with van der Waals surface area (Å²) >= 11 is 1.58. The van der Waals surface area contributed by atoms with Crippen LogP contribution < -0.4 is 5.32 Å². The molecule has 0 atom stereocenters. The van der Waals surface area contributed by atoms with Gasteiger partial charge < -0.3 is 10.4 Å². The highest BCUT2D eigenvalue weighted by atomic mass is 32.1. The van der Waals surface area contributed by atoms with Crippen LogP contribution in [0, 0.1) is 0 Å². The molecule has 1 rings (SSSR count). The molecular formula is C7H12N2OS. The molecule has 0 aliphatic heterocycles. The topological polar surface area (TPSA) is 45.1 Å². The lowest BCUT2D eigenvalue weighted by Crippen LogP contribution is -2.04. The first-order chi connectivity index (χ1) is 5.36. The minimum atomic E-state index is 0.154. The van der Waals surface area contributed by atoms with E-state index in [1.165, 1.54) is 0 Å². The molecule has 62 valence electrons. The van der Waals surface area contributed by atoms with Crippen molar-refractivity contribution >= 4 is 16.5 Å². The average molecular weight is 172 g/mol. The Morgan fingerprint density at radius 3 is 3.09 bits per heavy atom. The molecule has 1 heterocycles. The van der Waals surface area contributed by atoms with Crippen LogP contribution in [-0.4, -0.2) is 23.2 Å². The van der Waals surface area contributed by atoms with Gasteiger partial charge in [0.1, 0.15) is 0 Å². The molecule has 2 N–H and O–H groups in total. The molecule has 0 aliphatic carbocycles. The second-order valence-electron chi connectivity index (χ2n) is 2.15. The minimum absolute atomic E-state index is 0.154. The van der Waals surface area contributed by atoms with E-state index in [9.17, 15) is 0 Å². The molecule has 0 aliphatic rings. The van der Waals surface area contributed by atoms with Gasteiger partial charge in [0.2, 0.25) is 0 Å². The number of hydrogen-bond acceptors (Lipinski definition) is 4. The third kappa shape index (κ3) is 2.48. The zero-order chi connectivity index (χ0) is 8.10. The molecule has 1 aromatic heterocycles. The van der Waals surface area contributed by atoms with Crippen molar-refractivity contribution in [1.29, 1.82) is 0 Å². The summed E-state index contributed by atoms with van der Waals surface area (Å²) in [6, 6.07) is 0. The summed E-state index contributed by atoms with van der Waals surface area (Å²) in [4.78, 5) is 4.26. The second kappa shape index (κ2) is 4.31. The van der Waals surface area contributed by atoms with Crippen molar-refractivity contribution in [3.8, 4) is 0 Å². The smallest absolute Gasteiger partial charge is 0.182 e. The minimum Gasteiger partial charge on any atom is -0.395 e. The van der Waals surface area contributed by atoms with Gasteiger partial charge in [0.05, 0.1) is 12.3 Å². The van der Waals surface area contributed by atoms with E-state index < -0.39 is 0 Å². The number of thiazole rings is 1. The van der Waals surface area contributed by atoms with Crippen LogP contribution in [0.15, 0.2) is 5.38 Å². The van der Waals surface area contributed by atoms with E-state index in [4.69, 9.17) is 5.11 Å². The number of nitrogens with one attached hydrogen (secondary N) is 1. The first-order valence-corrected chi connectivity index (χ1v) is 4.54. The Kier molecular flexibility index (Phi) is 3.32. The molecule has 0 spiro atoms. The summed E-state index contributed by atoms with van der Waals surface area (Å²) in [5.74, 6) is 0. The maximum absolute atomic E-state index is 8.51. The molecule has 4 heteroatoms. The van der Waals surface area contributed by atoms with E-state index in [1.807, 2.05) is 5.38 Å². The number of aliphatic hydroxyl groups excluding tert-OH is 1. The summed E-state index contributed by atoms with van der Waals surface area (Å²) in [6.45, 7) is 2.81. The Balaban J connectivity index is 2.44. The van der Waals surface area contributed by atoms with Gasteiger partial charge in [-0.2, -0.15) is 0 Å². The SMILES string of the molecule is CCc1csc(NCCO)n1. The van der Waals surface area contributed by atoms with Crippen molar-refractivity contribution in [2.75, 3.05) is 18.5 Å². The Hall–Kier alpha value is -0.610. The molecule has 0 amide bonds. The summed E-state index contributed by atoms with van der Waals surface area (Å²) in [7, 11) is 0. The van der Waals surface area contributed by atoms with Crippen molar-refractivity contribution < 1.29 is 5.11 Å². The van der Waals surface area contributed by atoms with Crippen LogP contribution in [0.2, 0.25) is 0 Å². The van der Waals surface area contributed by atoms with Crippen molar-refractivity contribution in [3.63, 3.8) is 0 Å². The molecule has 0 unspecified atom stereocenters. The van der Waals surface area contributed by atoms with Crippen LogP contribution in [0.3, 0.4) is 0 Å². The van der Waals surface area contributed by atoms with Crippen LogP contribution in [0.5, 0.6) is 0 Å². The van der Waals surface area contributed by atoms with Crippen LogP contribution in [0.4, 0.5) is 5.13 Å². The summed E-state index contributed by atoms with van der Waals surface area (Å²) in [5, 5.41) is 14.4. The van der Waals surface area contributed by atoms with Crippen molar-refractivity contribution in [2.24, 2.45) is 0 Å². The van der Waals surface area contributed by atoms with E-state index >= 15 is 0 Å². The first-order valence-electron chi connectivity index (χ1n) is 3.66. The van der Waals surface area contributed by atoms with Gasteiger partial charge in [0.15, 0.2) is 5.13 Å². The first kappa shape index (κ1) is 8.49. The monoisotopic (exact) mass is 172 g/mol. The fourth-order valence-electron chi connectivity index (χ4n) is 0.713. The molecule has 0 fully saturated rings. The van der Waals surface area contributed by atoms with Gasteiger partial charge in [0.25, 0.3) is 0 Å². The van der Waals surface area contributed by atoms with Crippen LogP contribution in [0.1, 0.15) is 12.6 Å². The molecule has 11 heavy (non-hydrogen) atoms. The number of aliphatic hydroxyl groups is 1. The Morgan fingerprint density at radius 2 is 2.55 bits per heavy atom. The van der Waals surface area contributed by atoms with Gasteiger partial charge in [-0.1, -0.05) is 6.92 Å². The quantitative estimate of drug-likeness (QED) is 0.715. The number of aromatic nitrogens is 1. The zero-order valence-electron chi connectivity index (χ0n) is 6.50. The zero-order valence-corrected chi connectivity index (χ0v) is 7.32. The fraction of sp³-hybridized carbons (Fsp3) is 0.571. The second-order valence-corrected chi connectivity index (χ2v) is 3.01. The van der Waals surface area contributed by atoms with E-state index in [0.717, 1.165) is 17.2 Å². The highest BCUT2D eigenvalue weighted by Crippen LogP contribution is 2.14. The predicted octanol–water partition coefficient (Wildman–Crippen LogP) is 1.11. The highest BCUT2D eigenvalue weighted by molar-refractivity contribution is 7.13. The molecule has 3 nitrogen and oxygen atoms in total. The van der Waals surface area contributed by atoms with Crippen molar-refractivity contribution in [3.05, 3.63) is 11.1 Å². The molecule has 0 aromatic carbocycles. The van der Waals surface area contributed by atoms with Crippen LogP contribution >= 0.6 is 11.3 Å². The maximum Gasteiger partial charge on any atom is 0.182 e. The van der Waals surface area contributed by atoms with Crippen LogP contribution in [-0.2, 0) is 6.42 Å². The van der Waals surface area contributed by atoms with E-state index in [2.05, 4.69) is 17.2 Å². The third-order valence-corrected chi connectivity index (χ3v) is 2.15. The number of rotatable bonds is 4. The summed E-state index contributed by atoms with van der Waals surface area (Å²) in [5.41, 5.74) is 1.11. The maximum atomic E-state index is 8.51. The van der Waals surface area contributed by atoms with E-state index in [-0.39, 0.29) is 6.61 Å². The Labute approximate surface area is 70.1 Å². The number of anilines is 1. The van der Waals surface area contributed by atoms with E-state index in [1.54, 1.807) is 11.3 Å². The lowest BCUT2D eigenvalue weighted by atomic mass is 10.4. The summed E-state index contributed by atoms with van der Waals surface area (Å²) in [6.07, 6.45) is 0.970. The molecule has 1 aromatic rings. The predicted molar refractivity (Wildman–Crippen MR) is 47.1 cm³/mol. The van der Waals surface area contributed by atoms with Gasteiger partial charge in [-0.25, -0.2) is 4.98 Å². The van der Waals surface area contributed by atoms with E-state index in [0.29, 0.717) is 6.54 Å². The lowest BCUT2D eigenvalue weighted by Gasteiger charge is -1.96. The fourth-order valence-corrected chi connectivity index (χ4v) is 1.54. The van der Waals surface area contributed by atoms with Gasteiger partial charge in [0, 0.05) is 11.9 Å². The van der Waals surface area contributed by atoms with Crippen molar-refractivity contribution in [1.82, 2.24) is 4.98 Å².